The summed E-state index contributed by atoms with van der Waals surface area (Å²) in [7, 11) is 0. The maximum Gasteiger partial charge on any atom is 0.409 e. The summed E-state index contributed by atoms with van der Waals surface area (Å²) in [4.78, 5) is 66.1. The Bertz CT molecular complexity index is 1370. The molecule has 5 rings (SSSR count). The lowest BCUT2D eigenvalue weighted by Crippen LogP contribution is -2.58. The summed E-state index contributed by atoms with van der Waals surface area (Å²) in [6.45, 7) is 8.26. The standard InChI is InChI=1S/C32H42N6O7/c1-4-6-16-45-32(43)37-14-12-36(13-15-37)30(41)27(20(3)39)35-29(40)24-17-25(34-28(33-24)21-10-8-7-9-11-21)38-18-22-23(19-38)26(22)31(42)44-5-2/h7-11,17,20,22-23,26-27,39H,4-6,12-16,18-19H2,1-3H3,(H,35,40)/t20-,22-,23+,26?,27+/m1/s1. The number of nitrogens with zero attached hydrogens (tertiary/aromatic N) is 5. The first-order valence-electron chi connectivity index (χ1n) is 15.8. The molecule has 1 aliphatic carbocycles. The van der Waals surface area contributed by atoms with Gasteiger partial charge < -0.3 is 34.6 Å². The Balaban J connectivity index is 1.28. The van der Waals surface area contributed by atoms with E-state index < -0.39 is 30.1 Å². The van der Waals surface area contributed by atoms with Gasteiger partial charge in [-0.1, -0.05) is 43.7 Å². The van der Waals surface area contributed by atoms with Crippen molar-refractivity contribution < 1.29 is 33.8 Å². The lowest BCUT2D eigenvalue weighted by molar-refractivity contribution is -0.145. The van der Waals surface area contributed by atoms with Gasteiger partial charge in [0, 0.05) is 50.9 Å². The van der Waals surface area contributed by atoms with E-state index in [0.717, 1.165) is 18.4 Å². The van der Waals surface area contributed by atoms with E-state index in [1.54, 1.807) is 17.9 Å². The van der Waals surface area contributed by atoms with Crippen molar-refractivity contribution in [2.45, 2.75) is 45.8 Å². The molecule has 3 aliphatic rings. The molecule has 2 saturated heterocycles. The van der Waals surface area contributed by atoms with Crippen LogP contribution in [0.1, 0.15) is 44.1 Å². The van der Waals surface area contributed by atoms with E-state index in [2.05, 4.69) is 10.3 Å². The van der Waals surface area contributed by atoms with Crippen molar-refractivity contribution >= 4 is 29.7 Å². The number of amides is 3. The average Bonchev–Trinajstić information content (AvgIpc) is 3.56. The number of carbonyl (C=O) groups is 4. The van der Waals surface area contributed by atoms with E-state index >= 15 is 0 Å². The zero-order chi connectivity index (χ0) is 32.1. The molecule has 2 aliphatic heterocycles. The molecule has 0 bridgehead atoms. The summed E-state index contributed by atoms with van der Waals surface area (Å²) in [5.41, 5.74) is 0.774. The Morgan fingerprint density at radius 1 is 0.978 bits per heavy atom. The molecule has 3 amide bonds. The Kier molecular flexibility index (Phi) is 10.2. The fourth-order valence-electron chi connectivity index (χ4n) is 6.04. The SMILES string of the molecule is CCCCOC(=O)N1CCN(C(=O)[C@@H](NC(=O)c2cc(N3C[C@@H]4C(C(=O)OCC)[C@@H]4C3)nc(-c3ccccc3)n2)[C@@H](C)O)CC1. The fourth-order valence-corrected chi connectivity index (χ4v) is 6.04. The van der Waals surface area contributed by atoms with Crippen LogP contribution in [-0.2, 0) is 19.1 Å². The van der Waals surface area contributed by atoms with Gasteiger partial charge in [0.1, 0.15) is 17.6 Å². The number of aromatic nitrogens is 2. The van der Waals surface area contributed by atoms with Crippen molar-refractivity contribution in [2.24, 2.45) is 17.8 Å². The smallest absolute Gasteiger partial charge is 0.409 e. The molecule has 1 aromatic carbocycles. The van der Waals surface area contributed by atoms with Crippen molar-refractivity contribution in [1.29, 1.82) is 0 Å². The van der Waals surface area contributed by atoms with Crippen molar-refractivity contribution in [2.75, 3.05) is 57.4 Å². The first-order chi connectivity index (χ1) is 21.7. The van der Waals surface area contributed by atoms with Crippen molar-refractivity contribution in [3.05, 3.63) is 42.1 Å². The molecule has 5 atom stereocenters. The number of aliphatic hydroxyl groups excluding tert-OH is 1. The second-order valence-electron chi connectivity index (χ2n) is 11.8. The number of piperazine rings is 1. The molecule has 2 aromatic rings. The largest absolute Gasteiger partial charge is 0.466 e. The van der Waals surface area contributed by atoms with E-state index in [0.29, 0.717) is 51.0 Å². The van der Waals surface area contributed by atoms with Gasteiger partial charge >= 0.3 is 12.1 Å². The molecule has 13 heteroatoms. The predicted molar refractivity (Wildman–Crippen MR) is 164 cm³/mol. The van der Waals surface area contributed by atoms with Crippen LogP contribution < -0.4 is 10.2 Å². The van der Waals surface area contributed by atoms with E-state index in [4.69, 9.17) is 14.5 Å². The van der Waals surface area contributed by atoms with Crippen LogP contribution in [0.15, 0.2) is 36.4 Å². The maximum atomic E-state index is 13.6. The maximum absolute atomic E-state index is 13.6. The number of carbonyl (C=O) groups excluding carboxylic acids is 4. The highest BCUT2D eigenvalue weighted by Crippen LogP contribution is 2.53. The molecule has 1 saturated carbocycles. The summed E-state index contributed by atoms with van der Waals surface area (Å²) in [6.07, 6.45) is 0.119. The third-order valence-corrected chi connectivity index (χ3v) is 8.66. The lowest BCUT2D eigenvalue weighted by atomic mass is 10.1. The number of anilines is 1. The minimum Gasteiger partial charge on any atom is -0.466 e. The molecule has 45 heavy (non-hydrogen) atoms. The zero-order valence-corrected chi connectivity index (χ0v) is 26.1. The Labute approximate surface area is 262 Å². The molecule has 3 heterocycles. The Hall–Kier alpha value is -4.26. The van der Waals surface area contributed by atoms with Crippen molar-refractivity contribution in [3.63, 3.8) is 0 Å². The highest BCUT2D eigenvalue weighted by Gasteiger charge is 2.60. The van der Waals surface area contributed by atoms with Gasteiger partial charge in [-0.15, -0.1) is 0 Å². The van der Waals surface area contributed by atoms with Gasteiger partial charge in [0.25, 0.3) is 5.91 Å². The summed E-state index contributed by atoms with van der Waals surface area (Å²) in [5.74, 6) is -0.0950. The van der Waals surface area contributed by atoms with Gasteiger partial charge in [0.15, 0.2) is 5.82 Å². The minimum absolute atomic E-state index is 0.0551. The number of benzene rings is 1. The number of aliphatic hydroxyl groups is 1. The fraction of sp³-hybridized carbons (Fsp3) is 0.562. The van der Waals surface area contributed by atoms with Crippen LogP contribution in [-0.4, -0.2) is 113 Å². The van der Waals surface area contributed by atoms with Gasteiger partial charge in [0.05, 0.1) is 25.2 Å². The number of hydrogen-bond acceptors (Lipinski definition) is 10. The second kappa shape index (κ2) is 14.2. The second-order valence-corrected chi connectivity index (χ2v) is 11.8. The van der Waals surface area contributed by atoms with Crippen molar-refractivity contribution in [3.8, 4) is 11.4 Å². The highest BCUT2D eigenvalue weighted by atomic mass is 16.6. The van der Waals surface area contributed by atoms with Crippen LogP contribution in [0.25, 0.3) is 11.4 Å². The number of nitrogens with one attached hydrogen (secondary N) is 1. The monoisotopic (exact) mass is 622 g/mol. The Morgan fingerprint density at radius 3 is 2.27 bits per heavy atom. The molecular formula is C32H42N6O7. The van der Waals surface area contributed by atoms with Crippen LogP contribution in [0.3, 0.4) is 0 Å². The predicted octanol–water partition coefficient (Wildman–Crippen LogP) is 1.95. The van der Waals surface area contributed by atoms with Crippen LogP contribution >= 0.6 is 0 Å². The summed E-state index contributed by atoms with van der Waals surface area (Å²) >= 11 is 0. The van der Waals surface area contributed by atoms with Crippen LogP contribution in [0.2, 0.25) is 0 Å². The molecule has 1 aromatic heterocycles. The molecule has 242 valence electrons. The molecule has 2 N–H and O–H groups in total. The Morgan fingerprint density at radius 2 is 1.64 bits per heavy atom. The van der Waals surface area contributed by atoms with Gasteiger partial charge in [-0.05, 0) is 32.1 Å². The number of rotatable bonds is 11. The van der Waals surface area contributed by atoms with E-state index in [9.17, 15) is 24.3 Å². The summed E-state index contributed by atoms with van der Waals surface area (Å²) in [6, 6.07) is 9.64. The van der Waals surface area contributed by atoms with Crippen LogP contribution in [0.5, 0.6) is 0 Å². The molecule has 0 radical (unpaired) electrons. The number of ether oxygens (including phenoxy) is 2. The molecular weight excluding hydrogens is 580 g/mol. The first-order valence-corrected chi connectivity index (χ1v) is 15.8. The topological polar surface area (TPSA) is 154 Å². The third kappa shape index (κ3) is 7.35. The van der Waals surface area contributed by atoms with Gasteiger partial charge in [0.2, 0.25) is 5.91 Å². The van der Waals surface area contributed by atoms with Gasteiger partial charge in [-0.3, -0.25) is 14.4 Å². The van der Waals surface area contributed by atoms with Crippen LogP contribution in [0, 0.1) is 17.8 Å². The molecule has 0 spiro atoms. The zero-order valence-electron chi connectivity index (χ0n) is 26.1. The lowest BCUT2D eigenvalue weighted by Gasteiger charge is -2.36. The summed E-state index contributed by atoms with van der Waals surface area (Å²) < 4.78 is 10.5. The van der Waals surface area contributed by atoms with E-state index in [1.807, 2.05) is 42.2 Å². The first kappa shape index (κ1) is 32.1. The molecule has 1 unspecified atom stereocenters. The minimum atomic E-state index is -1.22. The number of hydrogen-bond donors (Lipinski definition) is 2. The summed E-state index contributed by atoms with van der Waals surface area (Å²) in [5, 5.41) is 13.2. The molecule has 3 fully saturated rings. The van der Waals surface area contributed by atoms with Gasteiger partial charge in [-0.25, -0.2) is 14.8 Å². The average molecular weight is 623 g/mol. The highest BCUT2D eigenvalue weighted by molar-refractivity contribution is 5.97. The van der Waals surface area contributed by atoms with E-state index in [1.165, 1.54) is 11.8 Å². The number of unbranched alkanes of at least 4 members (excludes halogenated alkanes) is 1. The third-order valence-electron chi connectivity index (χ3n) is 8.66. The van der Waals surface area contributed by atoms with Crippen LogP contribution in [0.4, 0.5) is 10.6 Å². The van der Waals surface area contributed by atoms with E-state index in [-0.39, 0.29) is 42.5 Å². The number of piperidine rings is 1. The number of esters is 1. The quantitative estimate of drug-likeness (QED) is 0.281. The van der Waals surface area contributed by atoms with Crippen molar-refractivity contribution in [1.82, 2.24) is 25.1 Å². The van der Waals surface area contributed by atoms with Gasteiger partial charge in [-0.2, -0.15) is 0 Å². The number of fused-ring (bicyclic) bond motifs is 1. The normalized spacial score (nSPS) is 21.9. The molecule has 13 nitrogen and oxygen atoms in total.